The first kappa shape index (κ1) is 22.4. The standard InChI is InChI=1S/C25H32N2O2S/c1-19-13-15-21(16-14-19)17-27(24(28)18-30-23-11-7-4-8-12-23)20(2)25(29)26-22-9-5-3-6-10-22/h4,7-8,11-16,20,22H,3,5-6,9-10,17-18H2,1-2H3,(H,26,29)/t20-/m0/s1. The molecule has 2 amide bonds. The average molecular weight is 425 g/mol. The summed E-state index contributed by atoms with van der Waals surface area (Å²) in [7, 11) is 0. The Bertz CT molecular complexity index is 817. The maximum atomic E-state index is 13.2. The number of rotatable bonds is 8. The molecule has 0 spiro atoms. The zero-order valence-corrected chi connectivity index (χ0v) is 18.8. The third kappa shape index (κ3) is 6.63. The van der Waals surface area contributed by atoms with Gasteiger partial charge in [0.1, 0.15) is 6.04 Å². The number of amides is 2. The highest BCUT2D eigenvalue weighted by atomic mass is 32.2. The smallest absolute Gasteiger partial charge is 0.242 e. The van der Waals surface area contributed by atoms with Crippen molar-refractivity contribution in [2.75, 3.05) is 5.75 Å². The van der Waals surface area contributed by atoms with Crippen molar-refractivity contribution in [3.05, 3.63) is 65.7 Å². The van der Waals surface area contributed by atoms with Crippen LogP contribution in [0, 0.1) is 6.92 Å². The van der Waals surface area contributed by atoms with E-state index >= 15 is 0 Å². The molecule has 0 bridgehead atoms. The largest absolute Gasteiger partial charge is 0.352 e. The average Bonchev–Trinajstić information content (AvgIpc) is 2.78. The number of carbonyl (C=O) groups excluding carboxylic acids is 2. The molecule has 1 atom stereocenters. The molecule has 0 aliphatic heterocycles. The van der Waals surface area contributed by atoms with Crippen molar-refractivity contribution in [3.63, 3.8) is 0 Å². The number of hydrogen-bond acceptors (Lipinski definition) is 3. The first-order valence-electron chi connectivity index (χ1n) is 10.9. The Morgan fingerprint density at radius 3 is 2.37 bits per heavy atom. The molecule has 2 aromatic carbocycles. The number of nitrogens with zero attached hydrogens (tertiary/aromatic N) is 1. The van der Waals surface area contributed by atoms with Gasteiger partial charge in [0.25, 0.3) is 0 Å². The fourth-order valence-electron chi connectivity index (χ4n) is 3.79. The van der Waals surface area contributed by atoms with Gasteiger partial charge in [-0.3, -0.25) is 9.59 Å². The molecule has 0 unspecified atom stereocenters. The topological polar surface area (TPSA) is 49.4 Å². The summed E-state index contributed by atoms with van der Waals surface area (Å²) in [6, 6.07) is 17.8. The number of hydrogen-bond donors (Lipinski definition) is 1. The lowest BCUT2D eigenvalue weighted by atomic mass is 9.95. The van der Waals surface area contributed by atoms with E-state index in [0.29, 0.717) is 12.3 Å². The Kier molecular flexibility index (Phi) is 8.38. The van der Waals surface area contributed by atoms with Crippen LogP contribution in [0.3, 0.4) is 0 Å². The van der Waals surface area contributed by atoms with Crippen molar-refractivity contribution < 1.29 is 9.59 Å². The van der Waals surface area contributed by atoms with Gasteiger partial charge in [-0.05, 0) is 44.4 Å². The summed E-state index contributed by atoms with van der Waals surface area (Å²) >= 11 is 1.51. The van der Waals surface area contributed by atoms with Gasteiger partial charge in [0.2, 0.25) is 11.8 Å². The van der Waals surface area contributed by atoms with Crippen molar-refractivity contribution in [1.29, 1.82) is 0 Å². The van der Waals surface area contributed by atoms with Crippen LogP contribution >= 0.6 is 11.8 Å². The first-order chi connectivity index (χ1) is 14.5. The second-order valence-corrected chi connectivity index (χ2v) is 9.18. The first-order valence-corrected chi connectivity index (χ1v) is 11.8. The Morgan fingerprint density at radius 1 is 1.03 bits per heavy atom. The highest BCUT2D eigenvalue weighted by molar-refractivity contribution is 8.00. The number of thioether (sulfide) groups is 1. The summed E-state index contributed by atoms with van der Waals surface area (Å²) < 4.78 is 0. The number of nitrogens with one attached hydrogen (secondary N) is 1. The van der Waals surface area contributed by atoms with E-state index < -0.39 is 6.04 Å². The molecule has 1 aliphatic carbocycles. The third-order valence-corrected chi connectivity index (χ3v) is 6.69. The molecule has 1 saturated carbocycles. The zero-order valence-electron chi connectivity index (χ0n) is 18.0. The molecule has 1 N–H and O–H groups in total. The maximum absolute atomic E-state index is 13.2. The fourth-order valence-corrected chi connectivity index (χ4v) is 4.59. The van der Waals surface area contributed by atoms with Gasteiger partial charge in [0, 0.05) is 17.5 Å². The van der Waals surface area contributed by atoms with Gasteiger partial charge in [-0.15, -0.1) is 11.8 Å². The normalized spacial score (nSPS) is 15.4. The molecule has 4 nitrogen and oxygen atoms in total. The molecule has 3 rings (SSSR count). The predicted molar refractivity (Wildman–Crippen MR) is 123 cm³/mol. The van der Waals surface area contributed by atoms with E-state index in [1.54, 1.807) is 4.90 Å². The third-order valence-electron chi connectivity index (χ3n) is 5.70. The van der Waals surface area contributed by atoms with Crippen LogP contribution in [0.4, 0.5) is 0 Å². The molecular weight excluding hydrogens is 392 g/mol. The van der Waals surface area contributed by atoms with Crippen LogP contribution in [-0.4, -0.2) is 34.6 Å². The van der Waals surface area contributed by atoms with Crippen LogP contribution in [0.15, 0.2) is 59.5 Å². The second kappa shape index (κ2) is 11.2. The van der Waals surface area contributed by atoms with Crippen molar-refractivity contribution >= 4 is 23.6 Å². The minimum atomic E-state index is -0.503. The summed E-state index contributed by atoms with van der Waals surface area (Å²) in [5.74, 6) is 0.250. The van der Waals surface area contributed by atoms with Gasteiger partial charge in [0.15, 0.2) is 0 Å². The van der Waals surface area contributed by atoms with E-state index in [4.69, 9.17) is 0 Å². The SMILES string of the molecule is Cc1ccc(CN(C(=O)CSc2ccccc2)[C@@H](C)C(=O)NC2CCCCC2)cc1. The van der Waals surface area contributed by atoms with Gasteiger partial charge in [-0.1, -0.05) is 67.3 Å². The van der Waals surface area contributed by atoms with Gasteiger partial charge < -0.3 is 10.2 Å². The summed E-state index contributed by atoms with van der Waals surface area (Å²) in [6.45, 7) is 4.33. The molecule has 30 heavy (non-hydrogen) atoms. The molecule has 1 fully saturated rings. The Morgan fingerprint density at radius 2 is 1.70 bits per heavy atom. The van der Waals surface area contributed by atoms with Gasteiger partial charge in [-0.25, -0.2) is 0 Å². The highest BCUT2D eigenvalue weighted by Crippen LogP contribution is 2.21. The number of aryl methyl sites for hydroxylation is 1. The lowest BCUT2D eigenvalue weighted by Gasteiger charge is -2.31. The van der Waals surface area contributed by atoms with Crippen LogP contribution in [0.5, 0.6) is 0 Å². The van der Waals surface area contributed by atoms with Crippen LogP contribution < -0.4 is 5.32 Å². The Balaban J connectivity index is 1.68. The molecule has 0 radical (unpaired) electrons. The molecule has 0 saturated heterocycles. The van der Waals surface area contributed by atoms with Crippen LogP contribution in [-0.2, 0) is 16.1 Å². The van der Waals surface area contributed by atoms with Gasteiger partial charge in [-0.2, -0.15) is 0 Å². The lowest BCUT2D eigenvalue weighted by Crippen LogP contribution is -2.50. The van der Waals surface area contributed by atoms with E-state index in [9.17, 15) is 9.59 Å². The van der Waals surface area contributed by atoms with Crippen molar-refractivity contribution in [1.82, 2.24) is 10.2 Å². The molecule has 1 aliphatic rings. The van der Waals surface area contributed by atoms with Crippen molar-refractivity contribution in [2.45, 2.75) is 69.5 Å². The number of carbonyl (C=O) groups is 2. The van der Waals surface area contributed by atoms with Crippen LogP contribution in [0.1, 0.15) is 50.2 Å². The Hall–Kier alpha value is -2.27. The van der Waals surface area contributed by atoms with Crippen molar-refractivity contribution in [2.24, 2.45) is 0 Å². The minimum Gasteiger partial charge on any atom is -0.352 e. The predicted octanol–water partition coefficient (Wildman–Crippen LogP) is 4.95. The molecule has 160 valence electrons. The summed E-state index contributed by atoms with van der Waals surface area (Å²) in [5, 5.41) is 3.18. The minimum absolute atomic E-state index is 0.0178. The Labute approximate surface area is 184 Å². The molecular formula is C25H32N2O2S. The van der Waals surface area contributed by atoms with E-state index in [1.807, 2.05) is 68.4 Å². The molecule has 0 heterocycles. The van der Waals surface area contributed by atoms with E-state index in [1.165, 1.54) is 36.6 Å². The summed E-state index contributed by atoms with van der Waals surface area (Å²) in [4.78, 5) is 28.9. The molecule has 5 heteroatoms. The van der Waals surface area contributed by atoms with E-state index in [2.05, 4.69) is 5.32 Å². The number of benzene rings is 2. The van der Waals surface area contributed by atoms with Crippen LogP contribution in [0.2, 0.25) is 0 Å². The quantitative estimate of drug-likeness (QED) is 0.610. The molecule has 0 aromatic heterocycles. The fraction of sp³-hybridized carbons (Fsp3) is 0.440. The zero-order chi connectivity index (χ0) is 21.3. The van der Waals surface area contributed by atoms with Gasteiger partial charge in [0.05, 0.1) is 5.75 Å². The lowest BCUT2D eigenvalue weighted by molar-refractivity contribution is -0.139. The highest BCUT2D eigenvalue weighted by Gasteiger charge is 2.28. The monoisotopic (exact) mass is 424 g/mol. The van der Waals surface area contributed by atoms with Crippen LogP contribution in [0.25, 0.3) is 0 Å². The summed E-state index contributed by atoms with van der Waals surface area (Å²) in [6.07, 6.45) is 5.65. The molecule has 2 aromatic rings. The van der Waals surface area contributed by atoms with Crippen molar-refractivity contribution in [3.8, 4) is 0 Å². The maximum Gasteiger partial charge on any atom is 0.242 e. The summed E-state index contributed by atoms with van der Waals surface area (Å²) in [5.41, 5.74) is 2.22. The van der Waals surface area contributed by atoms with E-state index in [-0.39, 0.29) is 17.9 Å². The second-order valence-electron chi connectivity index (χ2n) is 8.13. The van der Waals surface area contributed by atoms with E-state index in [0.717, 1.165) is 23.3 Å². The van der Waals surface area contributed by atoms with Gasteiger partial charge >= 0.3 is 0 Å².